The van der Waals surface area contributed by atoms with Gasteiger partial charge >= 0.3 is 0 Å². The lowest BCUT2D eigenvalue weighted by molar-refractivity contribution is 0.0923. The summed E-state index contributed by atoms with van der Waals surface area (Å²) in [5.74, 6) is -0.187. The second-order valence-corrected chi connectivity index (χ2v) is 3.63. The molecule has 4 nitrogen and oxygen atoms in total. The van der Waals surface area contributed by atoms with Crippen LogP contribution in [0.15, 0.2) is 18.2 Å². The molecule has 1 aromatic rings. The highest BCUT2D eigenvalue weighted by atomic mass is 16.3. The van der Waals surface area contributed by atoms with Gasteiger partial charge in [0.2, 0.25) is 0 Å². The largest absolute Gasteiger partial charge is 0.399 e. The van der Waals surface area contributed by atoms with E-state index in [1.54, 1.807) is 25.1 Å². The first-order valence-corrected chi connectivity index (χ1v) is 4.83. The highest BCUT2D eigenvalue weighted by Crippen LogP contribution is 2.12. The van der Waals surface area contributed by atoms with Crippen molar-refractivity contribution in [2.75, 3.05) is 12.3 Å². The summed E-state index contributed by atoms with van der Waals surface area (Å²) in [6.45, 7) is 3.70. The second-order valence-electron chi connectivity index (χ2n) is 3.63. The fraction of sp³-hybridized carbons (Fsp3) is 0.364. The van der Waals surface area contributed by atoms with E-state index in [4.69, 9.17) is 10.8 Å². The maximum atomic E-state index is 11.6. The molecule has 0 fully saturated rings. The summed E-state index contributed by atoms with van der Waals surface area (Å²) < 4.78 is 0. The van der Waals surface area contributed by atoms with Gasteiger partial charge in [-0.3, -0.25) is 4.79 Å². The molecule has 0 saturated heterocycles. The van der Waals surface area contributed by atoms with Gasteiger partial charge in [0.1, 0.15) is 0 Å². The van der Waals surface area contributed by atoms with Gasteiger partial charge in [-0.15, -0.1) is 0 Å². The molecule has 1 atom stereocenters. The molecule has 1 aromatic carbocycles. The first kappa shape index (κ1) is 11.5. The Kier molecular flexibility index (Phi) is 3.68. The van der Waals surface area contributed by atoms with Crippen molar-refractivity contribution in [2.45, 2.75) is 20.0 Å². The van der Waals surface area contributed by atoms with E-state index in [-0.39, 0.29) is 12.5 Å². The van der Waals surface area contributed by atoms with Crippen molar-refractivity contribution in [3.63, 3.8) is 0 Å². The molecule has 0 aliphatic heterocycles. The third-order valence-electron chi connectivity index (χ3n) is 2.05. The van der Waals surface area contributed by atoms with Gasteiger partial charge in [0.15, 0.2) is 0 Å². The lowest BCUT2D eigenvalue weighted by Crippen LogP contribution is -2.30. The Labute approximate surface area is 89.1 Å². The number of hydrogen-bond acceptors (Lipinski definition) is 3. The van der Waals surface area contributed by atoms with Crippen LogP contribution in [-0.2, 0) is 0 Å². The minimum absolute atomic E-state index is 0.187. The number of amides is 1. The summed E-state index contributed by atoms with van der Waals surface area (Å²) in [5, 5.41) is 11.7. The molecule has 0 aliphatic rings. The number of anilines is 1. The van der Waals surface area contributed by atoms with E-state index in [2.05, 4.69) is 5.32 Å². The zero-order valence-corrected chi connectivity index (χ0v) is 8.95. The number of carbonyl (C=O) groups excluding carboxylic acids is 1. The number of rotatable bonds is 3. The van der Waals surface area contributed by atoms with Crippen LogP contribution in [0.1, 0.15) is 22.8 Å². The molecule has 0 bridgehead atoms. The van der Waals surface area contributed by atoms with Gasteiger partial charge in [-0.1, -0.05) is 0 Å². The molecule has 0 aromatic heterocycles. The van der Waals surface area contributed by atoms with Crippen molar-refractivity contribution < 1.29 is 9.90 Å². The van der Waals surface area contributed by atoms with Crippen LogP contribution in [0.4, 0.5) is 5.69 Å². The van der Waals surface area contributed by atoms with Crippen LogP contribution in [0.3, 0.4) is 0 Å². The molecule has 82 valence electrons. The Bertz CT molecular complexity index is 362. The van der Waals surface area contributed by atoms with Crippen LogP contribution in [0, 0.1) is 6.92 Å². The molecular weight excluding hydrogens is 192 g/mol. The fourth-order valence-electron chi connectivity index (χ4n) is 1.28. The summed E-state index contributed by atoms with van der Waals surface area (Å²) in [6.07, 6.45) is -0.539. The topological polar surface area (TPSA) is 75.4 Å². The first-order valence-electron chi connectivity index (χ1n) is 4.83. The van der Waals surface area contributed by atoms with Gasteiger partial charge in [-0.05, 0) is 37.6 Å². The molecule has 0 aliphatic carbocycles. The molecule has 1 unspecified atom stereocenters. The smallest absolute Gasteiger partial charge is 0.251 e. The predicted octanol–water partition coefficient (Wildman–Crippen LogP) is 0.688. The summed E-state index contributed by atoms with van der Waals surface area (Å²) in [5.41, 5.74) is 7.64. The van der Waals surface area contributed by atoms with Crippen molar-refractivity contribution in [3.8, 4) is 0 Å². The molecule has 15 heavy (non-hydrogen) atoms. The monoisotopic (exact) mass is 208 g/mol. The van der Waals surface area contributed by atoms with E-state index in [1.165, 1.54) is 0 Å². The molecule has 4 heteroatoms. The lowest BCUT2D eigenvalue weighted by Gasteiger charge is -2.09. The molecule has 0 heterocycles. The minimum atomic E-state index is -0.539. The van der Waals surface area contributed by atoms with E-state index in [0.717, 1.165) is 5.56 Å². The maximum Gasteiger partial charge on any atom is 0.251 e. The highest BCUT2D eigenvalue weighted by molar-refractivity contribution is 5.96. The number of aliphatic hydroxyl groups is 1. The predicted molar refractivity (Wildman–Crippen MR) is 59.6 cm³/mol. The van der Waals surface area contributed by atoms with Gasteiger partial charge in [0.25, 0.3) is 5.91 Å². The van der Waals surface area contributed by atoms with E-state index < -0.39 is 6.10 Å². The van der Waals surface area contributed by atoms with Gasteiger partial charge in [-0.25, -0.2) is 0 Å². The summed E-state index contributed by atoms with van der Waals surface area (Å²) >= 11 is 0. The van der Waals surface area contributed by atoms with E-state index >= 15 is 0 Å². The summed E-state index contributed by atoms with van der Waals surface area (Å²) in [7, 11) is 0. The van der Waals surface area contributed by atoms with Crippen molar-refractivity contribution in [3.05, 3.63) is 29.3 Å². The van der Waals surface area contributed by atoms with Crippen LogP contribution in [0.2, 0.25) is 0 Å². The normalized spacial score (nSPS) is 12.2. The number of nitrogens with one attached hydrogen (secondary N) is 1. The van der Waals surface area contributed by atoms with Gasteiger partial charge in [-0.2, -0.15) is 0 Å². The van der Waals surface area contributed by atoms with E-state index in [0.29, 0.717) is 11.3 Å². The van der Waals surface area contributed by atoms with Gasteiger partial charge < -0.3 is 16.2 Å². The van der Waals surface area contributed by atoms with Gasteiger partial charge in [0.05, 0.1) is 6.10 Å². The zero-order valence-electron chi connectivity index (χ0n) is 8.95. The first-order chi connectivity index (χ1) is 7.00. The van der Waals surface area contributed by atoms with Crippen LogP contribution in [0.5, 0.6) is 0 Å². The molecule has 0 spiro atoms. The lowest BCUT2D eigenvalue weighted by atomic mass is 10.1. The SMILES string of the molecule is Cc1cc(N)ccc1C(=O)NCC(C)O. The second kappa shape index (κ2) is 4.79. The molecule has 0 radical (unpaired) electrons. The molecule has 1 amide bonds. The fourth-order valence-corrected chi connectivity index (χ4v) is 1.28. The Morgan fingerprint density at radius 1 is 1.60 bits per heavy atom. The minimum Gasteiger partial charge on any atom is -0.399 e. The van der Waals surface area contributed by atoms with Crippen LogP contribution in [-0.4, -0.2) is 23.7 Å². The van der Waals surface area contributed by atoms with Crippen molar-refractivity contribution in [1.29, 1.82) is 0 Å². The van der Waals surface area contributed by atoms with Crippen molar-refractivity contribution in [1.82, 2.24) is 5.32 Å². The third kappa shape index (κ3) is 3.25. The number of benzene rings is 1. The standard InChI is InChI=1S/C11H16N2O2/c1-7-5-9(12)3-4-10(7)11(15)13-6-8(2)14/h3-5,8,14H,6,12H2,1-2H3,(H,13,15). The number of aliphatic hydroxyl groups excluding tert-OH is 1. The maximum absolute atomic E-state index is 11.6. The number of nitrogen functional groups attached to an aromatic ring is 1. The Balaban J connectivity index is 2.74. The van der Waals surface area contributed by atoms with Crippen molar-refractivity contribution in [2.24, 2.45) is 0 Å². The van der Waals surface area contributed by atoms with Gasteiger partial charge in [0, 0.05) is 17.8 Å². The molecular formula is C11H16N2O2. The number of nitrogens with two attached hydrogens (primary N) is 1. The van der Waals surface area contributed by atoms with Crippen molar-refractivity contribution >= 4 is 11.6 Å². The average Bonchev–Trinajstić information content (AvgIpc) is 2.14. The van der Waals surface area contributed by atoms with Crippen LogP contribution < -0.4 is 11.1 Å². The Morgan fingerprint density at radius 2 is 2.27 bits per heavy atom. The van der Waals surface area contributed by atoms with E-state index in [9.17, 15) is 4.79 Å². The highest BCUT2D eigenvalue weighted by Gasteiger charge is 2.08. The number of hydrogen-bond donors (Lipinski definition) is 3. The van der Waals surface area contributed by atoms with E-state index in [1.807, 2.05) is 6.92 Å². The Morgan fingerprint density at radius 3 is 2.80 bits per heavy atom. The third-order valence-corrected chi connectivity index (χ3v) is 2.05. The molecule has 1 rings (SSSR count). The summed E-state index contributed by atoms with van der Waals surface area (Å²) in [6, 6.07) is 5.11. The zero-order chi connectivity index (χ0) is 11.4. The molecule has 0 saturated carbocycles. The van der Waals surface area contributed by atoms with Crippen LogP contribution in [0.25, 0.3) is 0 Å². The molecule has 4 N–H and O–H groups in total. The van der Waals surface area contributed by atoms with Crippen LogP contribution >= 0.6 is 0 Å². The quantitative estimate of drug-likeness (QED) is 0.640. The number of aryl methyl sites for hydroxylation is 1. The summed E-state index contributed by atoms with van der Waals surface area (Å²) in [4.78, 5) is 11.6. The average molecular weight is 208 g/mol. The Hall–Kier alpha value is -1.55. The number of carbonyl (C=O) groups is 1.